The molecule has 0 unspecified atom stereocenters. The lowest BCUT2D eigenvalue weighted by Crippen LogP contribution is -2.32. The first-order chi connectivity index (χ1) is 9.90. The normalized spacial score (nSPS) is 11.3. The number of benzene rings is 1. The summed E-state index contributed by atoms with van der Waals surface area (Å²) in [5.41, 5.74) is 0.519. The van der Waals surface area contributed by atoms with Gasteiger partial charge in [0.15, 0.2) is 0 Å². The maximum atomic E-state index is 11.6. The Morgan fingerprint density at radius 2 is 2.10 bits per heavy atom. The summed E-state index contributed by atoms with van der Waals surface area (Å²) in [5.74, 6) is 0.449. The minimum Gasteiger partial charge on any atom is -0.491 e. The van der Waals surface area contributed by atoms with Crippen LogP contribution >= 0.6 is 15.9 Å². The van der Waals surface area contributed by atoms with Crippen molar-refractivity contribution in [3.8, 4) is 5.75 Å². The third kappa shape index (κ3) is 5.67. The van der Waals surface area contributed by atoms with E-state index in [-0.39, 0.29) is 12.6 Å². The average Bonchev–Trinajstić information content (AvgIpc) is 2.45. The number of hydrogen-bond donors (Lipinski definition) is 1. The zero-order valence-electron chi connectivity index (χ0n) is 13.2. The van der Waals surface area contributed by atoms with Gasteiger partial charge in [-0.3, -0.25) is 4.79 Å². The Bertz CT molecular complexity index is 475. The lowest BCUT2D eigenvalue weighted by atomic mass is 9.95. The molecule has 0 aliphatic heterocycles. The molecule has 4 nitrogen and oxygen atoms in total. The highest BCUT2D eigenvalue weighted by Crippen LogP contribution is 2.28. The van der Waals surface area contributed by atoms with E-state index >= 15 is 0 Å². The van der Waals surface area contributed by atoms with Crippen LogP contribution in [0.5, 0.6) is 5.75 Å². The van der Waals surface area contributed by atoms with Crippen LogP contribution in [0.2, 0.25) is 0 Å². The largest absolute Gasteiger partial charge is 0.491 e. The Hall–Kier alpha value is -1.07. The highest BCUT2D eigenvalue weighted by molar-refractivity contribution is 9.10. The Morgan fingerprint density at radius 3 is 2.67 bits per heavy atom. The van der Waals surface area contributed by atoms with E-state index in [1.54, 1.807) is 13.8 Å². The SMILES string of the molecule is CCCNCc1ccc(OCC(C)(C)C(=O)OC)c(Br)c1. The van der Waals surface area contributed by atoms with E-state index in [1.165, 1.54) is 12.7 Å². The quantitative estimate of drug-likeness (QED) is 0.571. The van der Waals surface area contributed by atoms with E-state index in [0.717, 1.165) is 29.7 Å². The zero-order chi connectivity index (χ0) is 15.9. The number of hydrogen-bond acceptors (Lipinski definition) is 4. The predicted molar refractivity (Wildman–Crippen MR) is 87.4 cm³/mol. The third-order valence-corrected chi connectivity index (χ3v) is 3.70. The van der Waals surface area contributed by atoms with Gasteiger partial charge in [-0.1, -0.05) is 13.0 Å². The third-order valence-electron chi connectivity index (χ3n) is 3.08. The molecule has 0 saturated heterocycles. The van der Waals surface area contributed by atoms with E-state index in [9.17, 15) is 4.79 Å². The highest BCUT2D eigenvalue weighted by atomic mass is 79.9. The molecule has 0 heterocycles. The summed E-state index contributed by atoms with van der Waals surface area (Å²) < 4.78 is 11.4. The van der Waals surface area contributed by atoms with Crippen LogP contribution in [0, 0.1) is 5.41 Å². The van der Waals surface area contributed by atoms with Crippen LogP contribution in [0.25, 0.3) is 0 Å². The van der Waals surface area contributed by atoms with Crippen molar-refractivity contribution in [1.29, 1.82) is 0 Å². The molecule has 118 valence electrons. The molecule has 0 aliphatic carbocycles. The molecule has 0 aromatic heterocycles. The van der Waals surface area contributed by atoms with Crippen LogP contribution in [0.3, 0.4) is 0 Å². The van der Waals surface area contributed by atoms with Crippen molar-refractivity contribution in [2.45, 2.75) is 33.7 Å². The van der Waals surface area contributed by atoms with Gasteiger partial charge < -0.3 is 14.8 Å². The smallest absolute Gasteiger partial charge is 0.314 e. The molecular weight excluding hydrogens is 334 g/mol. The van der Waals surface area contributed by atoms with Gasteiger partial charge in [-0.15, -0.1) is 0 Å². The van der Waals surface area contributed by atoms with Gasteiger partial charge in [0.05, 0.1) is 17.0 Å². The summed E-state index contributed by atoms with van der Waals surface area (Å²) in [7, 11) is 1.39. The van der Waals surface area contributed by atoms with Crippen LogP contribution in [-0.2, 0) is 16.1 Å². The van der Waals surface area contributed by atoms with Crippen LogP contribution in [-0.4, -0.2) is 26.2 Å². The lowest BCUT2D eigenvalue weighted by Gasteiger charge is -2.22. The summed E-state index contributed by atoms with van der Waals surface area (Å²) in [4.78, 5) is 11.6. The maximum Gasteiger partial charge on any atom is 0.314 e. The molecule has 0 radical (unpaired) electrons. The van der Waals surface area contributed by atoms with Gasteiger partial charge in [-0.05, 0) is 60.4 Å². The molecule has 5 heteroatoms. The number of methoxy groups -OCH3 is 1. The minimum absolute atomic E-state index is 0.270. The first-order valence-corrected chi connectivity index (χ1v) is 7.90. The van der Waals surface area contributed by atoms with Gasteiger partial charge >= 0.3 is 5.97 Å². The molecule has 1 N–H and O–H groups in total. The minimum atomic E-state index is -0.671. The second kappa shape index (κ2) is 8.39. The second-order valence-electron chi connectivity index (χ2n) is 5.61. The number of carbonyl (C=O) groups is 1. The first-order valence-electron chi connectivity index (χ1n) is 7.11. The molecule has 1 rings (SSSR count). The maximum absolute atomic E-state index is 11.6. The standard InChI is InChI=1S/C16H24BrNO3/c1-5-8-18-10-12-6-7-14(13(17)9-12)21-11-16(2,3)15(19)20-4/h6-7,9,18H,5,8,10-11H2,1-4H3. The van der Waals surface area contributed by atoms with E-state index in [1.807, 2.05) is 18.2 Å². The number of ether oxygens (including phenoxy) is 2. The fourth-order valence-electron chi connectivity index (χ4n) is 1.77. The molecular formula is C16H24BrNO3. The Kier molecular flexibility index (Phi) is 7.18. The fourth-order valence-corrected chi connectivity index (χ4v) is 2.31. The first kappa shape index (κ1) is 18.0. The number of carbonyl (C=O) groups excluding carboxylic acids is 1. The molecule has 0 bridgehead atoms. The van der Waals surface area contributed by atoms with Crippen molar-refractivity contribution < 1.29 is 14.3 Å². The number of rotatable bonds is 8. The Morgan fingerprint density at radius 1 is 1.38 bits per heavy atom. The van der Waals surface area contributed by atoms with Crippen molar-refractivity contribution in [3.05, 3.63) is 28.2 Å². The summed E-state index contributed by atoms with van der Waals surface area (Å²) in [6.45, 7) is 7.85. The van der Waals surface area contributed by atoms with Crippen molar-refractivity contribution in [1.82, 2.24) is 5.32 Å². The van der Waals surface area contributed by atoms with Gasteiger partial charge in [-0.25, -0.2) is 0 Å². The molecule has 0 spiro atoms. The fraction of sp³-hybridized carbons (Fsp3) is 0.562. The number of esters is 1. The van der Waals surface area contributed by atoms with Crippen molar-refractivity contribution in [2.75, 3.05) is 20.3 Å². The van der Waals surface area contributed by atoms with Gasteiger partial charge in [0.1, 0.15) is 12.4 Å². The van der Waals surface area contributed by atoms with E-state index < -0.39 is 5.41 Å². The van der Waals surface area contributed by atoms with Crippen LogP contribution < -0.4 is 10.1 Å². The van der Waals surface area contributed by atoms with Crippen LogP contribution in [0.15, 0.2) is 22.7 Å². The van der Waals surface area contributed by atoms with Crippen LogP contribution in [0.1, 0.15) is 32.8 Å². The Labute approximate surface area is 135 Å². The Balaban J connectivity index is 2.62. The highest BCUT2D eigenvalue weighted by Gasteiger charge is 2.29. The van der Waals surface area contributed by atoms with Gasteiger partial charge in [0.25, 0.3) is 0 Å². The van der Waals surface area contributed by atoms with Crippen molar-refractivity contribution in [2.24, 2.45) is 5.41 Å². The lowest BCUT2D eigenvalue weighted by molar-refractivity contribution is -0.152. The molecule has 1 aromatic carbocycles. The van der Waals surface area contributed by atoms with E-state index in [0.29, 0.717) is 0 Å². The zero-order valence-corrected chi connectivity index (χ0v) is 14.7. The summed E-state index contributed by atoms with van der Waals surface area (Å²) in [6.07, 6.45) is 1.12. The summed E-state index contributed by atoms with van der Waals surface area (Å²) in [6, 6.07) is 5.97. The number of nitrogens with one attached hydrogen (secondary N) is 1. The van der Waals surface area contributed by atoms with E-state index in [4.69, 9.17) is 9.47 Å². The van der Waals surface area contributed by atoms with Gasteiger partial charge in [0.2, 0.25) is 0 Å². The van der Waals surface area contributed by atoms with Crippen LogP contribution in [0.4, 0.5) is 0 Å². The monoisotopic (exact) mass is 357 g/mol. The molecule has 0 fully saturated rings. The number of halogens is 1. The molecule has 1 aromatic rings. The topological polar surface area (TPSA) is 47.6 Å². The molecule has 21 heavy (non-hydrogen) atoms. The average molecular weight is 358 g/mol. The molecule has 0 saturated carbocycles. The predicted octanol–water partition coefficient (Wildman–Crippen LogP) is 3.53. The molecule has 0 amide bonds. The second-order valence-corrected chi connectivity index (χ2v) is 6.46. The molecule has 0 aliphatic rings. The van der Waals surface area contributed by atoms with E-state index in [2.05, 4.69) is 28.2 Å². The van der Waals surface area contributed by atoms with Crippen molar-refractivity contribution >= 4 is 21.9 Å². The summed E-state index contributed by atoms with van der Waals surface area (Å²) >= 11 is 3.51. The molecule has 0 atom stereocenters. The van der Waals surface area contributed by atoms with Crippen molar-refractivity contribution in [3.63, 3.8) is 0 Å². The summed E-state index contributed by atoms with van der Waals surface area (Å²) in [5, 5.41) is 3.35. The van der Waals surface area contributed by atoms with Gasteiger partial charge in [-0.2, -0.15) is 0 Å². The van der Waals surface area contributed by atoms with Gasteiger partial charge in [0, 0.05) is 6.54 Å².